The van der Waals surface area contributed by atoms with Gasteiger partial charge >= 0.3 is 5.97 Å². The van der Waals surface area contributed by atoms with E-state index in [1.54, 1.807) is 12.1 Å². The number of nitrogens with zero attached hydrogens (tertiary/aromatic N) is 2. The smallest absolute Gasteiger partial charge is 0.339 e. The zero-order chi connectivity index (χ0) is 16.1. The van der Waals surface area contributed by atoms with Gasteiger partial charge in [-0.2, -0.15) is 0 Å². The Bertz CT molecular complexity index is 691. The molecular formula is C15H15BrN2O4. The summed E-state index contributed by atoms with van der Waals surface area (Å²) in [6.45, 7) is 0. The van der Waals surface area contributed by atoms with E-state index < -0.39 is 5.97 Å². The van der Waals surface area contributed by atoms with Gasteiger partial charge in [0.05, 0.1) is 31.7 Å². The summed E-state index contributed by atoms with van der Waals surface area (Å²) < 4.78 is 10.4. The zero-order valence-corrected chi connectivity index (χ0v) is 13.8. The molecule has 0 amide bonds. The van der Waals surface area contributed by atoms with E-state index in [0.29, 0.717) is 24.3 Å². The van der Waals surface area contributed by atoms with Gasteiger partial charge in [0.25, 0.3) is 0 Å². The molecule has 2 aromatic heterocycles. The number of esters is 1. The number of carbonyl (C=O) groups is 1. The fourth-order valence-corrected chi connectivity index (χ4v) is 2.46. The molecule has 0 saturated carbocycles. The molecule has 22 heavy (non-hydrogen) atoms. The molecule has 0 aromatic carbocycles. The molecule has 7 heteroatoms. The Kier molecular flexibility index (Phi) is 5.32. The van der Waals surface area contributed by atoms with Crippen molar-refractivity contribution < 1.29 is 19.4 Å². The third-order valence-electron chi connectivity index (χ3n) is 3.12. The third-order valence-corrected chi connectivity index (χ3v) is 3.81. The minimum Gasteiger partial charge on any atom is -0.506 e. The minimum absolute atomic E-state index is 0.114. The first-order valence-corrected chi connectivity index (χ1v) is 7.29. The summed E-state index contributed by atoms with van der Waals surface area (Å²) >= 11 is 3.40. The highest BCUT2D eigenvalue weighted by Gasteiger charge is 2.11. The lowest BCUT2D eigenvalue weighted by atomic mass is 10.1. The van der Waals surface area contributed by atoms with Gasteiger partial charge in [0, 0.05) is 22.3 Å². The first-order valence-electron chi connectivity index (χ1n) is 6.49. The van der Waals surface area contributed by atoms with Gasteiger partial charge in [-0.3, -0.25) is 4.98 Å². The van der Waals surface area contributed by atoms with E-state index >= 15 is 0 Å². The van der Waals surface area contributed by atoms with Gasteiger partial charge in [-0.05, 0) is 34.8 Å². The lowest BCUT2D eigenvalue weighted by Gasteiger charge is -2.08. The molecular weight excluding hydrogens is 352 g/mol. The van der Waals surface area contributed by atoms with Crippen LogP contribution in [0.15, 0.2) is 29.0 Å². The molecule has 1 N–H and O–H groups in total. The Morgan fingerprint density at radius 1 is 1.23 bits per heavy atom. The van der Waals surface area contributed by atoms with E-state index in [4.69, 9.17) is 4.74 Å². The molecule has 2 heterocycles. The van der Waals surface area contributed by atoms with Gasteiger partial charge in [0.2, 0.25) is 5.88 Å². The van der Waals surface area contributed by atoms with Crippen LogP contribution in [0.1, 0.15) is 21.6 Å². The van der Waals surface area contributed by atoms with E-state index in [1.807, 2.05) is 0 Å². The number of halogens is 1. The van der Waals surface area contributed by atoms with Crippen LogP contribution in [-0.4, -0.2) is 35.3 Å². The number of hydrogen-bond donors (Lipinski definition) is 1. The monoisotopic (exact) mass is 366 g/mol. The maximum Gasteiger partial charge on any atom is 0.339 e. The highest BCUT2D eigenvalue weighted by molar-refractivity contribution is 9.10. The Morgan fingerprint density at radius 2 is 2.00 bits per heavy atom. The highest BCUT2D eigenvalue weighted by atomic mass is 79.9. The zero-order valence-electron chi connectivity index (χ0n) is 12.2. The van der Waals surface area contributed by atoms with Crippen LogP contribution in [0.2, 0.25) is 0 Å². The number of pyridine rings is 2. The van der Waals surface area contributed by atoms with Gasteiger partial charge in [-0.25, -0.2) is 9.78 Å². The summed E-state index contributed by atoms with van der Waals surface area (Å²) in [5.74, 6) is 0.125. The number of rotatable bonds is 5. The van der Waals surface area contributed by atoms with Crippen LogP contribution in [0, 0.1) is 0 Å². The predicted molar refractivity (Wildman–Crippen MR) is 83.1 cm³/mol. The molecule has 0 saturated heterocycles. The SMILES string of the molecule is COC(=O)c1cnc(CCc2cc(OC)ncc2O)c(Br)c1. The molecule has 0 spiro atoms. The van der Waals surface area contributed by atoms with Crippen molar-refractivity contribution in [3.05, 3.63) is 45.8 Å². The summed E-state index contributed by atoms with van der Waals surface area (Å²) in [6.07, 6.45) is 3.98. The quantitative estimate of drug-likeness (QED) is 0.818. The van der Waals surface area contributed by atoms with E-state index in [1.165, 1.54) is 26.6 Å². The number of ether oxygens (including phenoxy) is 2. The summed E-state index contributed by atoms with van der Waals surface area (Å²) in [5, 5.41) is 9.82. The second-order valence-corrected chi connectivity index (χ2v) is 5.35. The summed E-state index contributed by atoms with van der Waals surface area (Å²) in [7, 11) is 2.84. The first kappa shape index (κ1) is 16.2. The Balaban J connectivity index is 2.13. The number of aromatic hydroxyl groups is 1. The lowest BCUT2D eigenvalue weighted by molar-refractivity contribution is 0.0600. The molecule has 6 nitrogen and oxygen atoms in total. The summed E-state index contributed by atoms with van der Waals surface area (Å²) in [4.78, 5) is 19.6. The van der Waals surface area contributed by atoms with Crippen LogP contribution in [0.25, 0.3) is 0 Å². The topological polar surface area (TPSA) is 81.5 Å². The Morgan fingerprint density at radius 3 is 2.64 bits per heavy atom. The number of aromatic nitrogens is 2. The number of methoxy groups -OCH3 is 2. The van der Waals surface area contributed by atoms with Gasteiger partial charge in [-0.15, -0.1) is 0 Å². The molecule has 0 aliphatic carbocycles. The van der Waals surface area contributed by atoms with Gasteiger partial charge in [-0.1, -0.05) is 0 Å². The van der Waals surface area contributed by atoms with Crippen molar-refractivity contribution in [2.75, 3.05) is 14.2 Å². The largest absolute Gasteiger partial charge is 0.506 e. The Labute approximate surface area is 136 Å². The van der Waals surface area contributed by atoms with E-state index in [2.05, 4.69) is 30.6 Å². The van der Waals surface area contributed by atoms with Crippen molar-refractivity contribution in [3.63, 3.8) is 0 Å². The number of carbonyl (C=O) groups excluding carboxylic acids is 1. The molecule has 0 fully saturated rings. The molecule has 0 aliphatic heterocycles. The van der Waals surface area contributed by atoms with Crippen molar-refractivity contribution in [3.8, 4) is 11.6 Å². The normalized spacial score (nSPS) is 10.3. The summed E-state index contributed by atoms with van der Waals surface area (Å²) in [5.41, 5.74) is 1.88. The fourth-order valence-electron chi connectivity index (χ4n) is 1.91. The maximum atomic E-state index is 11.4. The first-order chi connectivity index (χ1) is 10.5. The fraction of sp³-hybridized carbons (Fsp3) is 0.267. The van der Waals surface area contributed by atoms with Crippen LogP contribution in [0.3, 0.4) is 0 Å². The average Bonchev–Trinajstić information content (AvgIpc) is 2.54. The molecule has 2 aromatic rings. The van der Waals surface area contributed by atoms with Crippen LogP contribution in [0.5, 0.6) is 11.6 Å². The van der Waals surface area contributed by atoms with Gasteiger partial charge in [0.1, 0.15) is 5.75 Å². The molecule has 0 aliphatic rings. The second kappa shape index (κ2) is 7.22. The van der Waals surface area contributed by atoms with Crippen molar-refractivity contribution >= 4 is 21.9 Å². The highest BCUT2D eigenvalue weighted by Crippen LogP contribution is 2.23. The molecule has 0 atom stereocenters. The molecule has 116 valence electrons. The van der Waals surface area contributed by atoms with Gasteiger partial charge < -0.3 is 14.6 Å². The van der Waals surface area contributed by atoms with E-state index in [9.17, 15) is 9.90 Å². The molecule has 0 unspecified atom stereocenters. The summed E-state index contributed by atoms with van der Waals surface area (Å²) in [6, 6.07) is 3.35. The number of aryl methyl sites for hydroxylation is 2. The molecule has 2 rings (SSSR count). The van der Waals surface area contributed by atoms with Crippen LogP contribution in [-0.2, 0) is 17.6 Å². The standard InChI is InChI=1S/C15H15BrN2O4/c1-21-14-6-9(13(19)8-18-14)3-4-12-11(16)5-10(7-17-12)15(20)22-2/h5-8,19H,3-4H2,1-2H3. The van der Waals surface area contributed by atoms with E-state index in [0.717, 1.165) is 15.7 Å². The van der Waals surface area contributed by atoms with Crippen molar-refractivity contribution in [2.24, 2.45) is 0 Å². The van der Waals surface area contributed by atoms with Crippen LogP contribution in [0.4, 0.5) is 0 Å². The second-order valence-electron chi connectivity index (χ2n) is 4.50. The molecule has 0 radical (unpaired) electrons. The van der Waals surface area contributed by atoms with Crippen molar-refractivity contribution in [1.82, 2.24) is 9.97 Å². The minimum atomic E-state index is -0.434. The molecule has 0 bridgehead atoms. The number of hydrogen-bond acceptors (Lipinski definition) is 6. The van der Waals surface area contributed by atoms with Crippen LogP contribution >= 0.6 is 15.9 Å². The average molecular weight is 367 g/mol. The van der Waals surface area contributed by atoms with Gasteiger partial charge in [0.15, 0.2) is 0 Å². The Hall–Kier alpha value is -2.15. The maximum absolute atomic E-state index is 11.4. The third kappa shape index (κ3) is 3.73. The van der Waals surface area contributed by atoms with E-state index in [-0.39, 0.29) is 5.75 Å². The lowest BCUT2D eigenvalue weighted by Crippen LogP contribution is -2.04. The predicted octanol–water partition coefficient (Wildman–Crippen LogP) is 2.53. The van der Waals surface area contributed by atoms with Crippen molar-refractivity contribution in [1.29, 1.82) is 0 Å². The van der Waals surface area contributed by atoms with Crippen molar-refractivity contribution in [2.45, 2.75) is 12.8 Å². The van der Waals surface area contributed by atoms with Crippen LogP contribution < -0.4 is 4.74 Å².